The Kier molecular flexibility index (Phi) is 3.22. The minimum absolute atomic E-state index is 0.234. The molecule has 0 spiro atoms. The molecule has 82 valence electrons. The molecular weight excluding hydrogens is 207 g/mol. The van der Waals surface area contributed by atoms with Crippen molar-refractivity contribution in [1.82, 2.24) is 10.2 Å². The summed E-state index contributed by atoms with van der Waals surface area (Å²) in [6, 6.07) is 8.08. The lowest BCUT2D eigenvalue weighted by Gasteiger charge is -2.10. The van der Waals surface area contributed by atoms with Crippen LogP contribution >= 0.6 is 0 Å². The molecule has 0 fully saturated rings. The first-order chi connectivity index (χ1) is 7.77. The SMILES string of the molecule is OC(Cc1ccccc1F)c1ccnnc1. The first kappa shape index (κ1) is 10.7. The number of nitrogens with zero attached hydrogens (tertiary/aromatic N) is 2. The largest absolute Gasteiger partial charge is 0.388 e. The van der Waals surface area contributed by atoms with Crippen LogP contribution in [0.4, 0.5) is 4.39 Å². The van der Waals surface area contributed by atoms with Crippen LogP contribution in [0.3, 0.4) is 0 Å². The minimum atomic E-state index is -0.757. The second-order valence-electron chi connectivity index (χ2n) is 3.49. The Hall–Kier alpha value is -1.81. The van der Waals surface area contributed by atoms with Crippen molar-refractivity contribution in [2.75, 3.05) is 0 Å². The molecular formula is C12H11FN2O. The van der Waals surface area contributed by atoms with E-state index in [2.05, 4.69) is 10.2 Å². The van der Waals surface area contributed by atoms with Crippen LogP contribution in [-0.4, -0.2) is 15.3 Å². The maximum atomic E-state index is 13.3. The zero-order valence-electron chi connectivity index (χ0n) is 8.55. The first-order valence-electron chi connectivity index (χ1n) is 4.95. The molecule has 16 heavy (non-hydrogen) atoms. The molecule has 0 radical (unpaired) electrons. The molecule has 1 N–H and O–H groups in total. The lowest BCUT2D eigenvalue weighted by atomic mass is 10.0. The third-order valence-corrected chi connectivity index (χ3v) is 2.36. The lowest BCUT2D eigenvalue weighted by molar-refractivity contribution is 0.176. The van der Waals surface area contributed by atoms with E-state index in [0.717, 1.165) is 0 Å². The third-order valence-electron chi connectivity index (χ3n) is 2.36. The van der Waals surface area contributed by atoms with E-state index in [-0.39, 0.29) is 12.2 Å². The Morgan fingerprint density at radius 2 is 2.00 bits per heavy atom. The van der Waals surface area contributed by atoms with Crippen LogP contribution in [0.2, 0.25) is 0 Å². The van der Waals surface area contributed by atoms with Crippen LogP contribution in [-0.2, 0) is 6.42 Å². The van der Waals surface area contributed by atoms with Gasteiger partial charge in [0.15, 0.2) is 0 Å². The fraction of sp³-hybridized carbons (Fsp3) is 0.167. The number of aliphatic hydroxyl groups is 1. The molecule has 0 aliphatic heterocycles. The molecule has 0 aliphatic rings. The normalized spacial score (nSPS) is 12.4. The lowest BCUT2D eigenvalue weighted by Crippen LogP contribution is -2.04. The number of aromatic nitrogens is 2. The summed E-state index contributed by atoms with van der Waals surface area (Å²) in [7, 11) is 0. The van der Waals surface area contributed by atoms with Crippen molar-refractivity contribution >= 4 is 0 Å². The Morgan fingerprint density at radius 1 is 1.19 bits per heavy atom. The number of hydrogen-bond acceptors (Lipinski definition) is 3. The molecule has 0 amide bonds. The summed E-state index contributed by atoms with van der Waals surface area (Å²) in [6.07, 6.45) is 2.46. The van der Waals surface area contributed by atoms with Gasteiger partial charge in [-0.3, -0.25) is 0 Å². The van der Waals surface area contributed by atoms with Crippen LogP contribution in [0.25, 0.3) is 0 Å². The number of halogens is 1. The van der Waals surface area contributed by atoms with Gasteiger partial charge in [-0.05, 0) is 17.7 Å². The molecule has 1 aromatic heterocycles. The second kappa shape index (κ2) is 4.81. The number of rotatable bonds is 3. The highest BCUT2D eigenvalue weighted by atomic mass is 19.1. The van der Waals surface area contributed by atoms with Crippen LogP contribution in [0.5, 0.6) is 0 Å². The highest BCUT2D eigenvalue weighted by Crippen LogP contribution is 2.18. The van der Waals surface area contributed by atoms with Gasteiger partial charge in [0.2, 0.25) is 0 Å². The van der Waals surface area contributed by atoms with Crippen molar-refractivity contribution in [3.05, 3.63) is 59.7 Å². The van der Waals surface area contributed by atoms with Gasteiger partial charge in [0.1, 0.15) is 5.82 Å². The molecule has 2 aromatic rings. The van der Waals surface area contributed by atoms with Gasteiger partial charge in [-0.2, -0.15) is 10.2 Å². The first-order valence-corrected chi connectivity index (χ1v) is 4.95. The number of aliphatic hydroxyl groups excluding tert-OH is 1. The van der Waals surface area contributed by atoms with E-state index >= 15 is 0 Å². The monoisotopic (exact) mass is 218 g/mol. The Balaban J connectivity index is 2.14. The van der Waals surface area contributed by atoms with E-state index in [9.17, 15) is 9.50 Å². The van der Waals surface area contributed by atoms with Crippen molar-refractivity contribution in [1.29, 1.82) is 0 Å². The zero-order valence-corrected chi connectivity index (χ0v) is 8.55. The highest BCUT2D eigenvalue weighted by molar-refractivity contribution is 5.21. The van der Waals surface area contributed by atoms with Gasteiger partial charge in [-0.25, -0.2) is 4.39 Å². The summed E-state index contributed by atoms with van der Waals surface area (Å²) in [5.74, 6) is -0.302. The summed E-state index contributed by atoms with van der Waals surface area (Å²) in [5.41, 5.74) is 1.13. The van der Waals surface area contributed by atoms with Crippen molar-refractivity contribution in [3.8, 4) is 0 Å². The summed E-state index contributed by atoms with van der Waals surface area (Å²) in [5, 5.41) is 17.1. The average Bonchev–Trinajstić information content (AvgIpc) is 2.33. The number of hydrogen-bond donors (Lipinski definition) is 1. The molecule has 2 rings (SSSR count). The predicted octanol–water partition coefficient (Wildman–Crippen LogP) is 1.89. The molecule has 1 unspecified atom stereocenters. The Bertz CT molecular complexity index is 462. The van der Waals surface area contributed by atoms with Gasteiger partial charge < -0.3 is 5.11 Å². The average molecular weight is 218 g/mol. The molecule has 1 heterocycles. The molecule has 0 saturated heterocycles. The quantitative estimate of drug-likeness (QED) is 0.855. The molecule has 1 atom stereocenters. The molecule has 0 saturated carbocycles. The minimum Gasteiger partial charge on any atom is -0.388 e. The molecule has 0 bridgehead atoms. The van der Waals surface area contributed by atoms with Crippen molar-refractivity contribution in [2.24, 2.45) is 0 Å². The van der Waals surface area contributed by atoms with Crippen molar-refractivity contribution < 1.29 is 9.50 Å². The fourth-order valence-electron chi connectivity index (χ4n) is 1.49. The van der Waals surface area contributed by atoms with Gasteiger partial charge >= 0.3 is 0 Å². The summed E-state index contributed by atoms with van der Waals surface area (Å²) < 4.78 is 13.3. The molecule has 3 nitrogen and oxygen atoms in total. The van der Waals surface area contributed by atoms with Gasteiger partial charge in [0.05, 0.1) is 12.3 Å². The fourth-order valence-corrected chi connectivity index (χ4v) is 1.49. The van der Waals surface area contributed by atoms with Crippen molar-refractivity contribution in [3.63, 3.8) is 0 Å². The van der Waals surface area contributed by atoms with Gasteiger partial charge in [0, 0.05) is 18.2 Å². The third kappa shape index (κ3) is 2.41. The predicted molar refractivity (Wildman–Crippen MR) is 57.1 cm³/mol. The smallest absolute Gasteiger partial charge is 0.126 e. The maximum Gasteiger partial charge on any atom is 0.126 e. The van der Waals surface area contributed by atoms with E-state index in [1.54, 1.807) is 24.3 Å². The Labute approximate surface area is 92.6 Å². The Morgan fingerprint density at radius 3 is 2.69 bits per heavy atom. The van der Waals surface area contributed by atoms with E-state index in [4.69, 9.17) is 0 Å². The van der Waals surface area contributed by atoms with E-state index in [1.807, 2.05) is 0 Å². The van der Waals surface area contributed by atoms with Gasteiger partial charge in [0.25, 0.3) is 0 Å². The maximum absolute atomic E-state index is 13.3. The van der Waals surface area contributed by atoms with Crippen LogP contribution < -0.4 is 0 Å². The zero-order chi connectivity index (χ0) is 11.4. The summed E-state index contributed by atoms with van der Waals surface area (Å²) in [6.45, 7) is 0. The molecule has 1 aromatic carbocycles. The summed E-state index contributed by atoms with van der Waals surface area (Å²) >= 11 is 0. The van der Waals surface area contributed by atoms with E-state index in [1.165, 1.54) is 18.5 Å². The molecule has 4 heteroatoms. The van der Waals surface area contributed by atoms with E-state index < -0.39 is 6.10 Å². The summed E-state index contributed by atoms with van der Waals surface area (Å²) in [4.78, 5) is 0. The molecule has 0 aliphatic carbocycles. The number of benzene rings is 1. The topological polar surface area (TPSA) is 46.0 Å². The standard InChI is InChI=1S/C12H11FN2O/c13-11-4-2-1-3-9(11)7-12(16)10-5-6-14-15-8-10/h1-6,8,12,16H,7H2. The van der Waals surface area contributed by atoms with Gasteiger partial charge in [-0.1, -0.05) is 18.2 Å². The van der Waals surface area contributed by atoms with Crippen LogP contribution in [0.15, 0.2) is 42.7 Å². The van der Waals surface area contributed by atoms with E-state index in [0.29, 0.717) is 11.1 Å². The van der Waals surface area contributed by atoms with Crippen molar-refractivity contribution in [2.45, 2.75) is 12.5 Å². The van der Waals surface area contributed by atoms with Crippen LogP contribution in [0.1, 0.15) is 17.2 Å². The second-order valence-corrected chi connectivity index (χ2v) is 3.49. The van der Waals surface area contributed by atoms with Gasteiger partial charge in [-0.15, -0.1) is 0 Å². The highest BCUT2D eigenvalue weighted by Gasteiger charge is 2.11. The van der Waals surface area contributed by atoms with Crippen LogP contribution in [0, 0.1) is 5.82 Å².